The number of hydrogen-bond donors (Lipinski definition) is 2. The molecule has 2 aromatic rings. The lowest BCUT2D eigenvalue weighted by atomic mass is 10.2. The number of sulfonamides is 1. The highest BCUT2D eigenvalue weighted by atomic mass is 35.9. The van der Waals surface area contributed by atoms with Gasteiger partial charge >= 0.3 is 6.00 Å². The SMILES string of the molecule is O=C(NP(=O)(Cl)Cl)c1cccc(NS(=O)(=O)c2ccc([N+](=O)[O-])cc2)c1. The molecular weight excluding hydrogens is 428 g/mol. The number of non-ortho nitro benzene ring substituents is 1. The summed E-state index contributed by atoms with van der Waals surface area (Å²) in [5.41, 5.74) is -0.250. The van der Waals surface area contributed by atoms with E-state index in [1.807, 2.05) is 5.09 Å². The van der Waals surface area contributed by atoms with Gasteiger partial charge in [-0.15, -0.1) is 0 Å². The van der Waals surface area contributed by atoms with Crippen molar-refractivity contribution in [2.24, 2.45) is 0 Å². The number of nitro groups is 1. The van der Waals surface area contributed by atoms with E-state index in [0.717, 1.165) is 24.3 Å². The molecule has 0 aliphatic carbocycles. The Kier molecular flexibility index (Phi) is 5.92. The third kappa shape index (κ3) is 5.43. The zero-order valence-electron chi connectivity index (χ0n) is 12.6. The van der Waals surface area contributed by atoms with Crippen LogP contribution in [0.2, 0.25) is 0 Å². The number of nitrogens with one attached hydrogen (secondary N) is 2. The Morgan fingerprint density at radius 2 is 1.73 bits per heavy atom. The molecule has 0 aromatic heterocycles. The highest BCUT2D eigenvalue weighted by Gasteiger charge is 2.20. The molecular formula is C13H10Cl2N3O6PS. The molecule has 13 heteroatoms. The van der Waals surface area contributed by atoms with Gasteiger partial charge in [0.1, 0.15) is 0 Å². The van der Waals surface area contributed by atoms with E-state index in [1.165, 1.54) is 24.3 Å². The van der Waals surface area contributed by atoms with Crippen LogP contribution in [0.5, 0.6) is 0 Å². The van der Waals surface area contributed by atoms with Crippen molar-refractivity contribution >= 4 is 55.8 Å². The highest BCUT2D eigenvalue weighted by Crippen LogP contribution is 2.52. The molecule has 1 amide bonds. The predicted molar refractivity (Wildman–Crippen MR) is 97.1 cm³/mol. The number of nitrogens with zero attached hydrogens (tertiary/aromatic N) is 1. The van der Waals surface area contributed by atoms with Gasteiger partial charge in [-0.3, -0.25) is 29.3 Å². The highest BCUT2D eigenvalue weighted by molar-refractivity contribution is 8.07. The molecule has 2 aromatic carbocycles. The molecule has 0 spiro atoms. The van der Waals surface area contributed by atoms with Gasteiger partial charge < -0.3 is 0 Å². The molecule has 0 aliphatic rings. The number of benzene rings is 2. The number of carbonyl (C=O) groups is 1. The minimum Gasteiger partial charge on any atom is -0.280 e. The summed E-state index contributed by atoms with van der Waals surface area (Å²) < 4.78 is 38.1. The molecule has 0 saturated heterocycles. The summed E-state index contributed by atoms with van der Waals surface area (Å²) in [6.45, 7) is 0. The molecule has 0 aliphatic heterocycles. The monoisotopic (exact) mass is 437 g/mol. The molecule has 0 unspecified atom stereocenters. The van der Waals surface area contributed by atoms with Crippen molar-refractivity contribution in [2.75, 3.05) is 4.72 Å². The molecule has 9 nitrogen and oxygen atoms in total. The van der Waals surface area contributed by atoms with Gasteiger partial charge in [-0.1, -0.05) is 6.07 Å². The van der Waals surface area contributed by atoms with Gasteiger partial charge in [-0.05, 0) is 52.8 Å². The smallest absolute Gasteiger partial charge is 0.280 e. The largest absolute Gasteiger partial charge is 0.345 e. The van der Waals surface area contributed by atoms with E-state index in [4.69, 9.17) is 22.5 Å². The van der Waals surface area contributed by atoms with E-state index in [0.29, 0.717) is 0 Å². The summed E-state index contributed by atoms with van der Waals surface area (Å²) in [4.78, 5) is 21.6. The van der Waals surface area contributed by atoms with E-state index in [-0.39, 0.29) is 21.8 Å². The van der Waals surface area contributed by atoms with Crippen LogP contribution in [0.3, 0.4) is 0 Å². The average molecular weight is 438 g/mol. The second kappa shape index (κ2) is 7.63. The van der Waals surface area contributed by atoms with Gasteiger partial charge in [0.15, 0.2) is 0 Å². The summed E-state index contributed by atoms with van der Waals surface area (Å²) >= 11 is 10.5. The zero-order valence-corrected chi connectivity index (χ0v) is 15.8. The van der Waals surface area contributed by atoms with Crippen LogP contribution in [0, 0.1) is 10.1 Å². The quantitative estimate of drug-likeness (QED) is 0.401. The maximum absolute atomic E-state index is 12.3. The normalized spacial score (nSPS) is 11.6. The lowest BCUT2D eigenvalue weighted by Crippen LogP contribution is -2.17. The van der Waals surface area contributed by atoms with Crippen LogP contribution in [0.25, 0.3) is 0 Å². The molecule has 2 N–H and O–H groups in total. The van der Waals surface area contributed by atoms with Crippen molar-refractivity contribution in [3.63, 3.8) is 0 Å². The first-order valence-electron chi connectivity index (χ1n) is 6.67. The van der Waals surface area contributed by atoms with Crippen molar-refractivity contribution in [1.29, 1.82) is 0 Å². The number of halogens is 2. The first-order valence-corrected chi connectivity index (χ1v) is 11.7. The van der Waals surface area contributed by atoms with Crippen molar-refractivity contribution in [3.8, 4) is 0 Å². The second-order valence-electron chi connectivity index (χ2n) is 4.84. The summed E-state index contributed by atoms with van der Waals surface area (Å²) in [6.07, 6.45) is 0. The molecule has 2 rings (SSSR count). The standard InChI is InChI=1S/C13H10Cl2N3O6PS/c14-25(15,22)16-13(19)9-2-1-3-10(8-9)17-26(23,24)12-6-4-11(5-7-12)18(20)21/h1-8,17H,(H,16,19,22). The molecule has 138 valence electrons. The Labute approximate surface area is 157 Å². The Bertz CT molecular complexity index is 1010. The van der Waals surface area contributed by atoms with E-state index in [9.17, 15) is 27.9 Å². The van der Waals surface area contributed by atoms with Crippen LogP contribution in [0.4, 0.5) is 11.4 Å². The first kappa shape index (κ1) is 20.2. The van der Waals surface area contributed by atoms with E-state index in [2.05, 4.69) is 4.72 Å². The number of anilines is 1. The Hall–Kier alpha value is -2.13. The number of nitro benzene ring substituents is 1. The van der Waals surface area contributed by atoms with Gasteiger partial charge in [-0.2, -0.15) is 0 Å². The maximum Gasteiger partial charge on any atom is 0.345 e. The average Bonchev–Trinajstić information content (AvgIpc) is 2.53. The third-order valence-corrected chi connectivity index (χ3v) is 5.33. The van der Waals surface area contributed by atoms with E-state index in [1.54, 1.807) is 0 Å². The molecule has 0 atom stereocenters. The van der Waals surface area contributed by atoms with Crippen LogP contribution in [0.1, 0.15) is 10.4 Å². The summed E-state index contributed by atoms with van der Waals surface area (Å²) in [7, 11) is -4.04. The summed E-state index contributed by atoms with van der Waals surface area (Å²) in [6, 6.07) is 9.54. The van der Waals surface area contributed by atoms with Gasteiger partial charge in [0.2, 0.25) is 0 Å². The van der Waals surface area contributed by atoms with Crippen molar-refractivity contribution in [2.45, 2.75) is 4.90 Å². The van der Waals surface area contributed by atoms with E-state index >= 15 is 0 Å². The molecule has 0 saturated carbocycles. The number of amides is 1. The minimum atomic E-state index is -4.04. The van der Waals surface area contributed by atoms with Gasteiger partial charge in [0.25, 0.3) is 21.6 Å². The Morgan fingerprint density at radius 3 is 2.27 bits per heavy atom. The first-order chi connectivity index (χ1) is 12.0. The number of carbonyl (C=O) groups excluding carboxylic acids is 1. The fourth-order valence-electron chi connectivity index (χ4n) is 1.87. The van der Waals surface area contributed by atoms with Crippen LogP contribution < -0.4 is 9.81 Å². The molecule has 0 radical (unpaired) electrons. The Morgan fingerprint density at radius 1 is 1.12 bits per heavy atom. The second-order valence-corrected chi connectivity index (χ2v) is 11.0. The lowest BCUT2D eigenvalue weighted by Gasteiger charge is -2.10. The molecule has 0 heterocycles. The molecule has 26 heavy (non-hydrogen) atoms. The maximum atomic E-state index is 12.3. The fourth-order valence-corrected chi connectivity index (χ4v) is 3.74. The number of rotatable bonds is 6. The summed E-state index contributed by atoms with van der Waals surface area (Å²) in [5, 5.41) is 12.5. The third-order valence-electron chi connectivity index (χ3n) is 2.97. The molecule has 0 fully saturated rings. The topological polar surface area (TPSA) is 135 Å². The van der Waals surface area contributed by atoms with Gasteiger partial charge in [0.05, 0.1) is 9.82 Å². The lowest BCUT2D eigenvalue weighted by molar-refractivity contribution is -0.384. The predicted octanol–water partition coefficient (Wildman–Crippen LogP) is 3.71. The van der Waals surface area contributed by atoms with Gasteiger partial charge in [0, 0.05) is 23.4 Å². The van der Waals surface area contributed by atoms with Gasteiger partial charge in [-0.25, -0.2) is 8.42 Å². The van der Waals surface area contributed by atoms with Crippen molar-refractivity contribution in [1.82, 2.24) is 5.09 Å². The minimum absolute atomic E-state index is 0.0320. The zero-order chi connectivity index (χ0) is 19.5. The van der Waals surface area contributed by atoms with Crippen LogP contribution in [0.15, 0.2) is 53.4 Å². The van der Waals surface area contributed by atoms with E-state index < -0.39 is 26.9 Å². The summed E-state index contributed by atoms with van der Waals surface area (Å²) in [5.74, 6) is -4.71. The van der Waals surface area contributed by atoms with Crippen LogP contribution in [-0.2, 0) is 14.6 Å². The Balaban J connectivity index is 2.24. The fraction of sp³-hybridized carbons (Fsp3) is 0. The molecule has 0 bridgehead atoms. The van der Waals surface area contributed by atoms with Crippen molar-refractivity contribution < 1.29 is 22.7 Å². The number of hydrogen-bond acceptors (Lipinski definition) is 6. The van der Waals surface area contributed by atoms with Crippen molar-refractivity contribution in [3.05, 3.63) is 64.2 Å². The van der Waals surface area contributed by atoms with Crippen LogP contribution in [-0.4, -0.2) is 19.2 Å². The van der Waals surface area contributed by atoms with Crippen LogP contribution >= 0.6 is 28.5 Å².